The first kappa shape index (κ1) is 13.5. The summed E-state index contributed by atoms with van der Waals surface area (Å²) < 4.78 is 47.9. The summed E-state index contributed by atoms with van der Waals surface area (Å²) in [7, 11) is -5.32. The van der Waals surface area contributed by atoms with Gasteiger partial charge in [0, 0.05) is 6.04 Å². The second-order valence-corrected chi connectivity index (χ2v) is 8.69. The van der Waals surface area contributed by atoms with E-state index in [1.807, 2.05) is 0 Å². The Kier molecular flexibility index (Phi) is 3.48. The van der Waals surface area contributed by atoms with Crippen LogP contribution in [-0.4, -0.2) is 46.7 Å². The van der Waals surface area contributed by atoms with Crippen molar-refractivity contribution >= 4 is 19.7 Å². The van der Waals surface area contributed by atoms with Gasteiger partial charge in [0.2, 0.25) is 0 Å². The minimum absolute atomic E-state index is 0.125. The quantitative estimate of drug-likeness (QED) is 0.836. The number of sulfone groups is 2. The number of hydrogen-bond donors (Lipinski definition) is 1. The number of rotatable bonds is 3. The minimum atomic E-state index is -3.61. The van der Waals surface area contributed by atoms with Gasteiger partial charge in [0.1, 0.15) is 0 Å². The van der Waals surface area contributed by atoms with Crippen molar-refractivity contribution in [3.05, 3.63) is 30.3 Å². The number of nitrogens with one attached hydrogen (secondary N) is 1. The lowest BCUT2D eigenvalue weighted by Gasteiger charge is -2.17. The molecular weight excluding hydrogens is 274 g/mol. The van der Waals surface area contributed by atoms with Gasteiger partial charge in [-0.15, -0.1) is 0 Å². The van der Waals surface area contributed by atoms with Crippen LogP contribution in [0.15, 0.2) is 35.2 Å². The van der Waals surface area contributed by atoms with Gasteiger partial charge in [0.05, 0.1) is 21.7 Å². The van der Waals surface area contributed by atoms with E-state index in [1.165, 1.54) is 12.1 Å². The highest BCUT2D eigenvalue weighted by Crippen LogP contribution is 2.25. The fourth-order valence-corrected chi connectivity index (χ4v) is 7.00. The molecule has 0 radical (unpaired) electrons. The maximum atomic E-state index is 12.4. The molecule has 1 fully saturated rings. The molecule has 0 aliphatic carbocycles. The van der Waals surface area contributed by atoms with Crippen molar-refractivity contribution in [1.29, 1.82) is 0 Å². The zero-order valence-corrected chi connectivity index (χ0v) is 11.5. The molecule has 1 aliphatic rings. The van der Waals surface area contributed by atoms with Crippen molar-refractivity contribution in [2.75, 3.05) is 18.6 Å². The lowest BCUT2D eigenvalue weighted by molar-refractivity contribution is 0.553. The highest BCUT2D eigenvalue weighted by atomic mass is 32.2. The Labute approximate surface area is 107 Å². The molecule has 0 spiro atoms. The molecule has 1 aromatic carbocycles. The van der Waals surface area contributed by atoms with E-state index in [1.54, 1.807) is 25.2 Å². The normalized spacial score (nSPS) is 27.2. The van der Waals surface area contributed by atoms with Gasteiger partial charge in [-0.3, -0.25) is 0 Å². The molecule has 0 unspecified atom stereocenters. The topological polar surface area (TPSA) is 80.3 Å². The van der Waals surface area contributed by atoms with Crippen LogP contribution in [0.25, 0.3) is 0 Å². The van der Waals surface area contributed by atoms with Gasteiger partial charge in [-0.05, 0) is 19.2 Å². The number of hydrogen-bond acceptors (Lipinski definition) is 5. The van der Waals surface area contributed by atoms with E-state index < -0.39 is 31.0 Å². The summed E-state index contributed by atoms with van der Waals surface area (Å²) in [5.41, 5.74) is 0. The maximum absolute atomic E-state index is 12.4. The lowest BCUT2D eigenvalue weighted by Crippen LogP contribution is -2.41. The molecule has 1 heterocycles. The molecule has 0 amide bonds. The Morgan fingerprint density at radius 1 is 1.17 bits per heavy atom. The van der Waals surface area contributed by atoms with Crippen LogP contribution >= 0.6 is 0 Å². The zero-order chi connectivity index (χ0) is 13.4. The summed E-state index contributed by atoms with van der Waals surface area (Å²) in [5, 5.41) is 1.88. The van der Waals surface area contributed by atoms with E-state index in [2.05, 4.69) is 5.32 Å². The van der Waals surface area contributed by atoms with Crippen molar-refractivity contribution in [2.24, 2.45) is 0 Å². The third-order valence-corrected chi connectivity index (χ3v) is 7.31. The first-order chi connectivity index (χ1) is 8.37. The molecule has 1 aromatic rings. The van der Waals surface area contributed by atoms with E-state index in [4.69, 9.17) is 0 Å². The summed E-state index contributed by atoms with van der Waals surface area (Å²) in [4.78, 5) is 0.173. The first-order valence-electron chi connectivity index (χ1n) is 5.53. The van der Waals surface area contributed by atoms with E-state index in [-0.39, 0.29) is 16.4 Å². The van der Waals surface area contributed by atoms with Crippen LogP contribution in [0, 0.1) is 0 Å². The standard InChI is InChI=1S/C11H15NO4S2/c1-12-10-7-17(13,14)8-11(10)18(15,16)9-5-3-2-4-6-9/h2-6,10-12H,7-8H2,1H3/t10-,11-/m0/s1. The molecule has 5 nitrogen and oxygen atoms in total. The van der Waals surface area contributed by atoms with Gasteiger partial charge < -0.3 is 5.32 Å². The molecule has 2 rings (SSSR count). The van der Waals surface area contributed by atoms with Crippen LogP contribution in [0.2, 0.25) is 0 Å². The van der Waals surface area contributed by atoms with Crippen LogP contribution in [0.1, 0.15) is 0 Å². The lowest BCUT2D eigenvalue weighted by atomic mass is 10.3. The molecule has 1 aliphatic heterocycles. The second-order valence-electron chi connectivity index (χ2n) is 4.37. The number of benzene rings is 1. The van der Waals surface area contributed by atoms with Crippen LogP contribution in [0.3, 0.4) is 0 Å². The van der Waals surface area contributed by atoms with Gasteiger partial charge >= 0.3 is 0 Å². The molecule has 1 saturated heterocycles. The molecule has 18 heavy (non-hydrogen) atoms. The van der Waals surface area contributed by atoms with Crippen LogP contribution in [0.4, 0.5) is 0 Å². The minimum Gasteiger partial charge on any atom is -0.315 e. The van der Waals surface area contributed by atoms with Crippen molar-refractivity contribution in [3.8, 4) is 0 Å². The molecule has 0 saturated carbocycles. The van der Waals surface area contributed by atoms with Crippen LogP contribution in [-0.2, 0) is 19.7 Å². The predicted octanol–water partition coefficient (Wildman–Crippen LogP) is -0.155. The second kappa shape index (κ2) is 4.64. The average molecular weight is 289 g/mol. The Morgan fingerprint density at radius 2 is 1.78 bits per heavy atom. The fraction of sp³-hybridized carbons (Fsp3) is 0.455. The first-order valence-corrected chi connectivity index (χ1v) is 8.90. The summed E-state index contributed by atoms with van der Waals surface area (Å²) in [5.74, 6) is -0.435. The summed E-state index contributed by atoms with van der Waals surface area (Å²) >= 11 is 0. The molecular formula is C11H15NO4S2. The maximum Gasteiger partial charge on any atom is 0.183 e. The molecule has 2 atom stereocenters. The summed E-state index contributed by atoms with van der Waals surface area (Å²) in [6, 6.07) is 7.43. The highest BCUT2D eigenvalue weighted by molar-refractivity contribution is 7.96. The predicted molar refractivity (Wildman–Crippen MR) is 68.9 cm³/mol. The van der Waals surface area contributed by atoms with Gasteiger partial charge in [-0.25, -0.2) is 16.8 Å². The third-order valence-electron chi connectivity index (χ3n) is 3.14. The van der Waals surface area contributed by atoms with Gasteiger partial charge in [-0.1, -0.05) is 18.2 Å². The van der Waals surface area contributed by atoms with E-state index >= 15 is 0 Å². The van der Waals surface area contributed by atoms with Crippen molar-refractivity contribution in [3.63, 3.8) is 0 Å². The zero-order valence-electron chi connectivity index (χ0n) is 9.91. The van der Waals surface area contributed by atoms with E-state index in [0.29, 0.717) is 0 Å². The molecule has 100 valence electrons. The molecule has 0 bridgehead atoms. The molecule has 0 aromatic heterocycles. The Balaban J connectivity index is 2.43. The van der Waals surface area contributed by atoms with Crippen molar-refractivity contribution < 1.29 is 16.8 Å². The summed E-state index contributed by atoms with van der Waals surface area (Å²) in [6.45, 7) is 0. The molecule has 7 heteroatoms. The Morgan fingerprint density at radius 3 is 2.33 bits per heavy atom. The van der Waals surface area contributed by atoms with Gasteiger partial charge in [-0.2, -0.15) is 0 Å². The Bertz CT molecular complexity index is 622. The Hall–Kier alpha value is -0.920. The highest BCUT2D eigenvalue weighted by Gasteiger charge is 2.44. The average Bonchev–Trinajstić information content (AvgIpc) is 2.66. The van der Waals surface area contributed by atoms with Crippen LogP contribution < -0.4 is 5.32 Å². The van der Waals surface area contributed by atoms with E-state index in [9.17, 15) is 16.8 Å². The smallest absolute Gasteiger partial charge is 0.183 e. The van der Waals surface area contributed by atoms with Crippen LogP contribution in [0.5, 0.6) is 0 Å². The largest absolute Gasteiger partial charge is 0.315 e. The van der Waals surface area contributed by atoms with Crippen molar-refractivity contribution in [1.82, 2.24) is 5.32 Å². The SMILES string of the molecule is CN[C@H]1CS(=O)(=O)C[C@@H]1S(=O)(=O)c1ccccc1. The monoisotopic (exact) mass is 289 g/mol. The van der Waals surface area contributed by atoms with E-state index in [0.717, 1.165) is 0 Å². The van der Waals surface area contributed by atoms with Gasteiger partial charge in [0.15, 0.2) is 19.7 Å². The third kappa shape index (κ3) is 2.43. The van der Waals surface area contributed by atoms with Crippen molar-refractivity contribution in [2.45, 2.75) is 16.2 Å². The molecule has 1 N–H and O–H groups in total. The van der Waals surface area contributed by atoms with Gasteiger partial charge in [0.25, 0.3) is 0 Å². The summed E-state index contributed by atoms with van der Waals surface area (Å²) in [6.07, 6.45) is 0. The fourth-order valence-electron chi connectivity index (χ4n) is 2.18.